The molecule has 21 heavy (non-hydrogen) atoms. The molecule has 1 saturated carbocycles. The summed E-state index contributed by atoms with van der Waals surface area (Å²) in [5.74, 6) is 0.523. The molecule has 2 unspecified atom stereocenters. The van der Waals surface area contributed by atoms with Gasteiger partial charge in [0.15, 0.2) is 0 Å². The van der Waals surface area contributed by atoms with E-state index >= 15 is 0 Å². The van der Waals surface area contributed by atoms with Crippen LogP contribution in [0.15, 0.2) is 18.2 Å². The van der Waals surface area contributed by atoms with Gasteiger partial charge in [-0.1, -0.05) is 31.0 Å². The zero-order valence-corrected chi connectivity index (χ0v) is 13.4. The Labute approximate surface area is 131 Å². The Hall–Kier alpha value is -0.640. The van der Waals surface area contributed by atoms with Crippen LogP contribution >= 0.6 is 11.6 Å². The number of nitrogens with zero attached hydrogens (tertiary/aromatic N) is 1. The molecule has 1 heterocycles. The number of halogens is 2. The zero-order chi connectivity index (χ0) is 14.8. The van der Waals surface area contributed by atoms with E-state index in [1.165, 1.54) is 25.7 Å². The lowest BCUT2D eigenvalue weighted by Gasteiger charge is -2.41. The van der Waals surface area contributed by atoms with E-state index in [0.717, 1.165) is 31.1 Å². The highest BCUT2D eigenvalue weighted by Gasteiger charge is 2.38. The summed E-state index contributed by atoms with van der Waals surface area (Å²) < 4.78 is 13.6. The van der Waals surface area contributed by atoms with Gasteiger partial charge in [0.1, 0.15) is 5.82 Å². The van der Waals surface area contributed by atoms with E-state index in [9.17, 15) is 4.39 Å². The van der Waals surface area contributed by atoms with E-state index < -0.39 is 0 Å². The summed E-state index contributed by atoms with van der Waals surface area (Å²) in [6, 6.07) is 6.39. The van der Waals surface area contributed by atoms with Crippen molar-refractivity contribution in [3.8, 4) is 0 Å². The van der Waals surface area contributed by atoms with Gasteiger partial charge in [-0.3, -0.25) is 4.90 Å². The van der Waals surface area contributed by atoms with Gasteiger partial charge in [-0.25, -0.2) is 4.39 Å². The van der Waals surface area contributed by atoms with Crippen LogP contribution in [0, 0.1) is 11.7 Å². The van der Waals surface area contributed by atoms with Gasteiger partial charge in [-0.2, -0.15) is 0 Å². The maximum atomic E-state index is 13.6. The Kier molecular flexibility index (Phi) is 4.82. The summed E-state index contributed by atoms with van der Waals surface area (Å²) in [6.45, 7) is 5.20. The third kappa shape index (κ3) is 3.77. The molecule has 116 valence electrons. The summed E-state index contributed by atoms with van der Waals surface area (Å²) in [7, 11) is 0. The Bertz CT molecular complexity index is 490. The van der Waals surface area contributed by atoms with Crippen LogP contribution in [-0.4, -0.2) is 30.1 Å². The van der Waals surface area contributed by atoms with Gasteiger partial charge in [0.25, 0.3) is 0 Å². The maximum Gasteiger partial charge on any atom is 0.142 e. The molecule has 2 fully saturated rings. The molecule has 3 rings (SSSR count). The van der Waals surface area contributed by atoms with Gasteiger partial charge in [-0.05, 0) is 42.9 Å². The van der Waals surface area contributed by atoms with E-state index in [2.05, 4.69) is 17.1 Å². The van der Waals surface area contributed by atoms with E-state index in [4.69, 9.17) is 11.6 Å². The highest BCUT2D eigenvalue weighted by atomic mass is 35.5. The standard InChI is InChI=1S/C17H24ClFN2/c1-2-3-14-11-21(17(9-20-14)13-5-6-13)10-12-4-7-15(18)16(19)8-12/h4,7-8,13-14,17,20H,2-3,5-6,9-11H2,1H3. The molecule has 4 heteroatoms. The molecule has 1 aromatic carbocycles. The second-order valence-electron chi connectivity index (χ2n) is 6.48. The minimum Gasteiger partial charge on any atom is -0.311 e. The topological polar surface area (TPSA) is 15.3 Å². The van der Waals surface area contributed by atoms with Crippen LogP contribution in [0.2, 0.25) is 5.02 Å². The average molecular weight is 311 g/mol. The first-order valence-electron chi connectivity index (χ1n) is 8.08. The van der Waals surface area contributed by atoms with Crippen LogP contribution in [0.25, 0.3) is 0 Å². The summed E-state index contributed by atoms with van der Waals surface area (Å²) in [4.78, 5) is 2.55. The van der Waals surface area contributed by atoms with Crippen molar-refractivity contribution in [2.24, 2.45) is 5.92 Å². The Morgan fingerprint density at radius 1 is 1.38 bits per heavy atom. The largest absolute Gasteiger partial charge is 0.311 e. The van der Waals surface area contributed by atoms with Crippen molar-refractivity contribution in [1.82, 2.24) is 10.2 Å². The second kappa shape index (κ2) is 6.64. The van der Waals surface area contributed by atoms with Crippen molar-refractivity contribution in [2.75, 3.05) is 13.1 Å². The van der Waals surface area contributed by atoms with Crippen LogP contribution in [0.3, 0.4) is 0 Å². The fourth-order valence-electron chi connectivity index (χ4n) is 3.44. The molecule has 1 aliphatic heterocycles. The molecule has 2 atom stereocenters. The molecule has 0 bridgehead atoms. The van der Waals surface area contributed by atoms with Crippen LogP contribution in [0.1, 0.15) is 38.2 Å². The van der Waals surface area contributed by atoms with E-state index in [-0.39, 0.29) is 10.8 Å². The fourth-order valence-corrected chi connectivity index (χ4v) is 3.56. The number of hydrogen-bond donors (Lipinski definition) is 1. The van der Waals surface area contributed by atoms with Gasteiger partial charge in [0, 0.05) is 31.7 Å². The molecule has 0 spiro atoms. The van der Waals surface area contributed by atoms with Crippen molar-refractivity contribution in [1.29, 1.82) is 0 Å². The van der Waals surface area contributed by atoms with Crippen LogP contribution in [0.5, 0.6) is 0 Å². The molecule has 0 radical (unpaired) electrons. The summed E-state index contributed by atoms with van der Waals surface area (Å²) in [6.07, 6.45) is 5.10. The zero-order valence-electron chi connectivity index (χ0n) is 12.6. The molecule has 0 aromatic heterocycles. The lowest BCUT2D eigenvalue weighted by molar-refractivity contribution is 0.104. The number of rotatable bonds is 5. The summed E-state index contributed by atoms with van der Waals surface area (Å²) >= 11 is 5.78. The van der Waals surface area contributed by atoms with Crippen LogP contribution < -0.4 is 5.32 Å². The molecule has 1 saturated heterocycles. The van der Waals surface area contributed by atoms with Crippen molar-refractivity contribution >= 4 is 11.6 Å². The molecule has 2 aliphatic rings. The predicted octanol–water partition coefficient (Wildman–Crippen LogP) is 3.83. The molecule has 2 nitrogen and oxygen atoms in total. The average Bonchev–Trinajstić information content (AvgIpc) is 3.28. The Morgan fingerprint density at radius 3 is 2.86 bits per heavy atom. The van der Waals surface area contributed by atoms with Crippen molar-refractivity contribution < 1.29 is 4.39 Å². The summed E-state index contributed by atoms with van der Waals surface area (Å²) in [5.41, 5.74) is 1.03. The molecular weight excluding hydrogens is 287 g/mol. The Morgan fingerprint density at radius 2 is 2.19 bits per heavy atom. The number of benzene rings is 1. The van der Waals surface area contributed by atoms with Gasteiger partial charge in [0.05, 0.1) is 5.02 Å². The van der Waals surface area contributed by atoms with E-state index in [0.29, 0.717) is 12.1 Å². The normalized spacial score (nSPS) is 27.0. The molecule has 1 N–H and O–H groups in total. The quantitative estimate of drug-likeness (QED) is 0.889. The first-order chi connectivity index (χ1) is 10.2. The number of piperazine rings is 1. The van der Waals surface area contributed by atoms with Gasteiger partial charge in [0.2, 0.25) is 0 Å². The summed E-state index contributed by atoms with van der Waals surface area (Å²) in [5, 5.41) is 3.90. The first kappa shape index (κ1) is 15.3. The van der Waals surface area contributed by atoms with Crippen molar-refractivity contribution in [2.45, 2.75) is 51.2 Å². The minimum absolute atomic E-state index is 0.210. The Balaban J connectivity index is 1.70. The first-order valence-corrected chi connectivity index (χ1v) is 8.46. The third-order valence-electron chi connectivity index (χ3n) is 4.71. The second-order valence-corrected chi connectivity index (χ2v) is 6.88. The molecular formula is C17H24ClFN2. The van der Waals surface area contributed by atoms with Gasteiger partial charge >= 0.3 is 0 Å². The van der Waals surface area contributed by atoms with Gasteiger partial charge in [-0.15, -0.1) is 0 Å². The lowest BCUT2D eigenvalue weighted by Crippen LogP contribution is -2.56. The van der Waals surface area contributed by atoms with Gasteiger partial charge < -0.3 is 5.32 Å². The third-order valence-corrected chi connectivity index (χ3v) is 5.02. The smallest absolute Gasteiger partial charge is 0.142 e. The molecule has 1 aliphatic carbocycles. The van der Waals surface area contributed by atoms with Crippen molar-refractivity contribution in [3.63, 3.8) is 0 Å². The van der Waals surface area contributed by atoms with Crippen LogP contribution in [-0.2, 0) is 6.54 Å². The number of hydrogen-bond acceptors (Lipinski definition) is 2. The maximum absolute atomic E-state index is 13.6. The fraction of sp³-hybridized carbons (Fsp3) is 0.647. The molecule has 0 amide bonds. The highest BCUT2D eigenvalue weighted by molar-refractivity contribution is 6.30. The minimum atomic E-state index is -0.308. The molecule has 1 aromatic rings. The predicted molar refractivity (Wildman–Crippen MR) is 85.0 cm³/mol. The lowest BCUT2D eigenvalue weighted by atomic mass is 10.0. The van der Waals surface area contributed by atoms with Crippen molar-refractivity contribution in [3.05, 3.63) is 34.6 Å². The monoisotopic (exact) mass is 310 g/mol. The van der Waals surface area contributed by atoms with E-state index in [1.54, 1.807) is 12.1 Å². The SMILES string of the molecule is CCCC1CN(Cc2ccc(Cl)c(F)c2)C(C2CC2)CN1. The highest BCUT2D eigenvalue weighted by Crippen LogP contribution is 2.37. The number of nitrogens with one attached hydrogen (secondary N) is 1. The van der Waals surface area contributed by atoms with Crippen LogP contribution in [0.4, 0.5) is 4.39 Å². The van der Waals surface area contributed by atoms with E-state index in [1.807, 2.05) is 6.07 Å².